The summed E-state index contributed by atoms with van der Waals surface area (Å²) in [5, 5.41) is 5.63. The van der Waals surface area contributed by atoms with Gasteiger partial charge in [0.05, 0.1) is 6.54 Å². The minimum atomic E-state index is 0.491. The highest BCUT2D eigenvalue weighted by molar-refractivity contribution is 7.10. The second kappa shape index (κ2) is 9.28. The molecule has 2 rings (SSSR count). The predicted octanol–water partition coefficient (Wildman–Crippen LogP) is 3.23. The molecule has 2 atom stereocenters. The standard InChI is InChI=1S/C18H32N4S/c1-5-19-18(20-13-15(4)17-9-8-12-23-17)22-11-10-16(14-22)21(6-2)7-3/h8-9,12,15-16H,5-7,10-11,13-14H2,1-4H3,(H,19,20). The summed E-state index contributed by atoms with van der Waals surface area (Å²) in [5.41, 5.74) is 0. The summed E-state index contributed by atoms with van der Waals surface area (Å²) in [7, 11) is 0. The van der Waals surface area contributed by atoms with Crippen LogP contribution >= 0.6 is 11.3 Å². The lowest BCUT2D eigenvalue weighted by Gasteiger charge is -2.27. The second-order valence-corrected chi connectivity index (χ2v) is 7.20. The number of nitrogens with zero attached hydrogens (tertiary/aromatic N) is 3. The van der Waals surface area contributed by atoms with E-state index < -0.39 is 0 Å². The Labute approximate surface area is 145 Å². The maximum absolute atomic E-state index is 4.92. The van der Waals surface area contributed by atoms with Crippen molar-refractivity contribution >= 4 is 17.3 Å². The van der Waals surface area contributed by atoms with Gasteiger partial charge in [0.15, 0.2) is 5.96 Å². The van der Waals surface area contributed by atoms with Crippen molar-refractivity contribution in [3.8, 4) is 0 Å². The average molecular weight is 337 g/mol. The van der Waals surface area contributed by atoms with Crippen LogP contribution in [0.15, 0.2) is 22.5 Å². The first-order valence-corrected chi connectivity index (χ1v) is 9.88. The number of guanidine groups is 1. The first-order valence-electron chi connectivity index (χ1n) is 9.00. The Morgan fingerprint density at radius 3 is 2.83 bits per heavy atom. The van der Waals surface area contributed by atoms with Crippen LogP contribution in [0.2, 0.25) is 0 Å². The number of nitrogens with one attached hydrogen (secondary N) is 1. The van der Waals surface area contributed by atoms with Crippen LogP contribution in [0.25, 0.3) is 0 Å². The van der Waals surface area contributed by atoms with Crippen molar-refractivity contribution in [1.29, 1.82) is 0 Å². The third-order valence-corrected chi connectivity index (χ3v) is 5.77. The smallest absolute Gasteiger partial charge is 0.193 e. The van der Waals surface area contributed by atoms with E-state index in [0.717, 1.165) is 45.2 Å². The summed E-state index contributed by atoms with van der Waals surface area (Å²) >= 11 is 1.83. The molecule has 5 heteroatoms. The van der Waals surface area contributed by atoms with Crippen molar-refractivity contribution in [2.24, 2.45) is 4.99 Å². The zero-order valence-electron chi connectivity index (χ0n) is 15.1. The van der Waals surface area contributed by atoms with E-state index in [9.17, 15) is 0 Å². The van der Waals surface area contributed by atoms with Gasteiger partial charge in [-0.15, -0.1) is 11.3 Å². The van der Waals surface area contributed by atoms with E-state index in [1.54, 1.807) is 0 Å². The van der Waals surface area contributed by atoms with Gasteiger partial charge >= 0.3 is 0 Å². The summed E-state index contributed by atoms with van der Waals surface area (Å²) in [4.78, 5) is 11.3. The van der Waals surface area contributed by atoms with Crippen molar-refractivity contribution in [3.63, 3.8) is 0 Å². The zero-order chi connectivity index (χ0) is 16.7. The number of rotatable bonds is 7. The fourth-order valence-corrected chi connectivity index (χ4v) is 4.06. The van der Waals surface area contributed by atoms with E-state index >= 15 is 0 Å². The number of hydrogen-bond donors (Lipinski definition) is 1. The van der Waals surface area contributed by atoms with E-state index in [4.69, 9.17) is 4.99 Å². The van der Waals surface area contributed by atoms with Crippen molar-refractivity contribution in [1.82, 2.24) is 15.1 Å². The maximum Gasteiger partial charge on any atom is 0.193 e. The topological polar surface area (TPSA) is 30.9 Å². The van der Waals surface area contributed by atoms with Gasteiger partial charge in [-0.25, -0.2) is 0 Å². The molecule has 130 valence electrons. The molecule has 4 nitrogen and oxygen atoms in total. The highest BCUT2D eigenvalue weighted by atomic mass is 32.1. The molecular weight excluding hydrogens is 304 g/mol. The van der Waals surface area contributed by atoms with Gasteiger partial charge in [0.25, 0.3) is 0 Å². The molecule has 1 saturated heterocycles. The third-order valence-electron chi connectivity index (χ3n) is 4.67. The molecule has 23 heavy (non-hydrogen) atoms. The van der Waals surface area contributed by atoms with E-state index in [2.05, 4.69) is 60.3 Å². The molecule has 2 unspecified atom stereocenters. The lowest BCUT2D eigenvalue weighted by Crippen LogP contribution is -2.43. The average Bonchev–Trinajstić information content (AvgIpc) is 3.24. The van der Waals surface area contributed by atoms with Crippen molar-refractivity contribution in [2.75, 3.05) is 39.3 Å². The van der Waals surface area contributed by atoms with E-state index in [0.29, 0.717) is 12.0 Å². The van der Waals surface area contributed by atoms with Crippen LogP contribution in [0.5, 0.6) is 0 Å². The molecule has 1 fully saturated rings. The number of likely N-dealkylation sites (N-methyl/N-ethyl adjacent to an activating group) is 1. The predicted molar refractivity (Wildman–Crippen MR) is 102 cm³/mol. The van der Waals surface area contributed by atoms with Crippen molar-refractivity contribution < 1.29 is 0 Å². The van der Waals surface area contributed by atoms with Crippen LogP contribution in [-0.4, -0.2) is 61.1 Å². The Hall–Kier alpha value is -1.07. The lowest BCUT2D eigenvalue weighted by atomic mass is 10.1. The normalized spacial score (nSPS) is 20.3. The van der Waals surface area contributed by atoms with Gasteiger partial charge in [0.1, 0.15) is 0 Å². The summed E-state index contributed by atoms with van der Waals surface area (Å²) < 4.78 is 0. The van der Waals surface area contributed by atoms with Gasteiger partial charge in [-0.2, -0.15) is 0 Å². The van der Waals surface area contributed by atoms with Gasteiger partial charge in [-0.3, -0.25) is 9.89 Å². The number of thiophene rings is 1. The molecule has 1 aromatic heterocycles. The summed E-state index contributed by atoms with van der Waals surface area (Å²) in [6.07, 6.45) is 1.24. The minimum Gasteiger partial charge on any atom is -0.357 e. The molecule has 2 heterocycles. The van der Waals surface area contributed by atoms with Crippen LogP contribution < -0.4 is 5.32 Å². The van der Waals surface area contributed by atoms with Crippen LogP contribution in [0.3, 0.4) is 0 Å². The van der Waals surface area contributed by atoms with Crippen molar-refractivity contribution in [3.05, 3.63) is 22.4 Å². The maximum atomic E-state index is 4.92. The molecule has 0 spiro atoms. The van der Waals surface area contributed by atoms with E-state index in [1.807, 2.05) is 11.3 Å². The molecule has 1 aromatic rings. The first kappa shape index (κ1) is 18.3. The third kappa shape index (κ3) is 4.95. The molecule has 1 aliphatic heterocycles. The molecule has 0 aliphatic carbocycles. The summed E-state index contributed by atoms with van der Waals surface area (Å²) in [6.45, 7) is 15.2. The fraction of sp³-hybridized carbons (Fsp3) is 0.722. The van der Waals surface area contributed by atoms with E-state index in [1.165, 1.54) is 11.3 Å². The van der Waals surface area contributed by atoms with E-state index in [-0.39, 0.29) is 0 Å². The van der Waals surface area contributed by atoms with Crippen LogP contribution in [-0.2, 0) is 0 Å². The summed E-state index contributed by atoms with van der Waals surface area (Å²) in [6, 6.07) is 5.01. The molecule has 0 bridgehead atoms. The quantitative estimate of drug-likeness (QED) is 0.612. The lowest BCUT2D eigenvalue weighted by molar-refractivity contribution is 0.223. The molecular formula is C18H32N4S. The Kier molecular flexibility index (Phi) is 7.37. The summed E-state index contributed by atoms with van der Waals surface area (Å²) in [5.74, 6) is 1.58. The van der Waals surface area contributed by atoms with Gasteiger partial charge in [0.2, 0.25) is 0 Å². The Bertz CT molecular complexity index is 467. The number of likely N-dealkylation sites (tertiary alicyclic amines) is 1. The Morgan fingerprint density at radius 2 is 2.22 bits per heavy atom. The van der Waals surface area contributed by atoms with Gasteiger partial charge < -0.3 is 10.2 Å². The van der Waals surface area contributed by atoms with Gasteiger partial charge in [-0.05, 0) is 37.9 Å². The number of hydrogen-bond acceptors (Lipinski definition) is 3. The minimum absolute atomic E-state index is 0.491. The molecule has 0 saturated carbocycles. The van der Waals surface area contributed by atoms with Crippen molar-refractivity contribution in [2.45, 2.75) is 46.1 Å². The Balaban J connectivity index is 1.96. The van der Waals surface area contributed by atoms with Gasteiger partial charge in [0, 0.05) is 36.5 Å². The first-order chi connectivity index (χ1) is 11.2. The molecule has 0 radical (unpaired) electrons. The fourth-order valence-electron chi connectivity index (χ4n) is 3.28. The monoisotopic (exact) mass is 336 g/mol. The second-order valence-electron chi connectivity index (χ2n) is 6.22. The van der Waals surface area contributed by atoms with Crippen LogP contribution in [0, 0.1) is 0 Å². The molecule has 0 aromatic carbocycles. The highest BCUT2D eigenvalue weighted by Gasteiger charge is 2.28. The molecule has 1 N–H and O–H groups in total. The Morgan fingerprint density at radius 1 is 1.43 bits per heavy atom. The van der Waals surface area contributed by atoms with Crippen LogP contribution in [0.4, 0.5) is 0 Å². The SMILES string of the molecule is CCNC(=NCC(C)c1cccs1)N1CCC(N(CC)CC)C1. The zero-order valence-corrected chi connectivity index (χ0v) is 15.9. The molecule has 0 amide bonds. The molecule has 1 aliphatic rings. The number of aliphatic imine (C=N–C) groups is 1. The largest absolute Gasteiger partial charge is 0.357 e. The van der Waals surface area contributed by atoms with Crippen LogP contribution in [0.1, 0.15) is 44.9 Å². The highest BCUT2D eigenvalue weighted by Crippen LogP contribution is 2.21. The van der Waals surface area contributed by atoms with Gasteiger partial charge in [-0.1, -0.05) is 26.8 Å².